The molecule has 0 fully saturated rings. The van der Waals surface area contributed by atoms with Crippen LogP contribution in [0.25, 0.3) is 22.2 Å². The Hall–Kier alpha value is -3.38. The highest BCUT2D eigenvalue weighted by atomic mass is 16.5. The fourth-order valence-electron chi connectivity index (χ4n) is 4.55. The van der Waals surface area contributed by atoms with Gasteiger partial charge >= 0.3 is 5.69 Å². The lowest BCUT2D eigenvalue weighted by atomic mass is 10.0. The molecule has 1 aliphatic rings. The first-order valence-electron chi connectivity index (χ1n) is 10.0. The Balaban J connectivity index is 1.97. The van der Waals surface area contributed by atoms with Crippen molar-refractivity contribution < 1.29 is 4.74 Å². The molecule has 0 N–H and O–H groups in total. The molecule has 5 rings (SSSR count). The molecule has 0 unspecified atom stereocenters. The van der Waals surface area contributed by atoms with E-state index in [-0.39, 0.29) is 17.4 Å². The average molecular weight is 401 g/mol. The third kappa shape index (κ3) is 2.60. The molecular weight excluding hydrogens is 378 g/mol. The van der Waals surface area contributed by atoms with E-state index in [4.69, 9.17) is 4.74 Å². The number of benzene rings is 2. The quantitative estimate of drug-likeness (QED) is 0.519. The van der Waals surface area contributed by atoms with Crippen LogP contribution in [0.15, 0.2) is 64.2 Å². The molecule has 30 heavy (non-hydrogen) atoms. The van der Waals surface area contributed by atoms with Gasteiger partial charge in [0.05, 0.1) is 28.9 Å². The smallest absolute Gasteiger partial charge is 0.331 e. The molecule has 152 valence electrons. The molecule has 0 radical (unpaired) electrons. The summed E-state index contributed by atoms with van der Waals surface area (Å²) >= 11 is 0. The van der Waals surface area contributed by atoms with Gasteiger partial charge in [0.1, 0.15) is 6.10 Å². The van der Waals surface area contributed by atoms with Crippen LogP contribution in [-0.2, 0) is 25.4 Å². The summed E-state index contributed by atoms with van der Waals surface area (Å²) in [5, 5.41) is 0.562. The monoisotopic (exact) mass is 401 g/mol. The predicted octanol–water partition coefficient (Wildman–Crippen LogP) is 3.13. The normalized spacial score (nSPS) is 16.0. The molecule has 3 heterocycles. The summed E-state index contributed by atoms with van der Waals surface area (Å²) < 4.78 is 11.1. The summed E-state index contributed by atoms with van der Waals surface area (Å²) in [6.07, 6.45) is -0.348. The lowest BCUT2D eigenvalue weighted by Gasteiger charge is -2.27. The maximum Gasteiger partial charge on any atom is 0.331 e. The number of fused-ring (bicyclic) bond motifs is 3. The van der Waals surface area contributed by atoms with Crippen LogP contribution in [-0.4, -0.2) is 20.3 Å². The van der Waals surface area contributed by atoms with Crippen molar-refractivity contribution in [2.24, 2.45) is 14.1 Å². The van der Waals surface area contributed by atoms with Crippen LogP contribution in [0.3, 0.4) is 0 Å². The molecule has 0 saturated heterocycles. The van der Waals surface area contributed by atoms with Gasteiger partial charge in [-0.3, -0.25) is 13.9 Å². The zero-order chi connectivity index (χ0) is 21.0. The topological polar surface area (TPSA) is 58.2 Å². The van der Waals surface area contributed by atoms with Gasteiger partial charge < -0.3 is 9.30 Å². The molecule has 2 aromatic heterocycles. The molecule has 0 amide bonds. The van der Waals surface area contributed by atoms with Crippen molar-refractivity contribution in [1.82, 2.24) is 13.7 Å². The summed E-state index contributed by atoms with van der Waals surface area (Å²) in [4.78, 5) is 26.1. The van der Waals surface area contributed by atoms with Crippen molar-refractivity contribution in [1.29, 1.82) is 0 Å². The predicted molar refractivity (Wildman–Crippen MR) is 117 cm³/mol. The van der Waals surface area contributed by atoms with E-state index in [1.165, 1.54) is 11.6 Å². The summed E-state index contributed by atoms with van der Waals surface area (Å²) in [6, 6.07) is 18.1. The van der Waals surface area contributed by atoms with Crippen LogP contribution in [0, 0.1) is 6.92 Å². The molecule has 6 heteroatoms. The van der Waals surface area contributed by atoms with Gasteiger partial charge in [-0.15, -0.1) is 0 Å². The molecule has 0 bridgehead atoms. The van der Waals surface area contributed by atoms with E-state index in [2.05, 4.69) is 10.6 Å². The fourth-order valence-corrected chi connectivity index (χ4v) is 4.55. The first kappa shape index (κ1) is 18.6. The van der Waals surface area contributed by atoms with Crippen LogP contribution >= 0.6 is 0 Å². The van der Waals surface area contributed by atoms with Crippen LogP contribution in [0.2, 0.25) is 0 Å². The minimum absolute atomic E-state index is 0.279. The van der Waals surface area contributed by atoms with Crippen molar-refractivity contribution in [2.75, 3.05) is 6.61 Å². The van der Waals surface area contributed by atoms with E-state index in [0.717, 1.165) is 28.1 Å². The molecule has 0 saturated carbocycles. The highest BCUT2D eigenvalue weighted by molar-refractivity contribution is 5.96. The Labute approximate surface area is 173 Å². The number of hydrogen-bond donors (Lipinski definition) is 0. The SMILES string of the molecule is Cc1cccc(-c2c3c(=O)n(C)c(=O)n(C)c3c3n2CCO[C@@H]3c2ccccc2)c1. The second kappa shape index (κ2) is 6.85. The highest BCUT2D eigenvalue weighted by Crippen LogP contribution is 2.40. The lowest BCUT2D eigenvalue weighted by molar-refractivity contribution is 0.0478. The number of aryl methyl sites for hydroxylation is 2. The van der Waals surface area contributed by atoms with E-state index >= 15 is 0 Å². The average Bonchev–Trinajstić information content (AvgIpc) is 3.12. The van der Waals surface area contributed by atoms with Crippen molar-refractivity contribution in [3.8, 4) is 11.3 Å². The van der Waals surface area contributed by atoms with E-state index in [0.29, 0.717) is 24.1 Å². The van der Waals surface area contributed by atoms with Crippen LogP contribution in [0.1, 0.15) is 22.9 Å². The zero-order valence-corrected chi connectivity index (χ0v) is 17.3. The van der Waals surface area contributed by atoms with Gasteiger partial charge in [-0.05, 0) is 24.1 Å². The van der Waals surface area contributed by atoms with Crippen molar-refractivity contribution in [3.05, 3.63) is 92.3 Å². The Kier molecular flexibility index (Phi) is 4.25. The largest absolute Gasteiger partial charge is 0.365 e. The first-order chi connectivity index (χ1) is 14.5. The van der Waals surface area contributed by atoms with E-state index in [1.807, 2.05) is 55.5 Å². The second-order valence-electron chi connectivity index (χ2n) is 7.85. The van der Waals surface area contributed by atoms with Crippen LogP contribution < -0.4 is 11.2 Å². The van der Waals surface area contributed by atoms with Gasteiger partial charge in [-0.2, -0.15) is 0 Å². The second-order valence-corrected chi connectivity index (χ2v) is 7.85. The third-order valence-electron chi connectivity index (χ3n) is 5.95. The number of rotatable bonds is 2. The minimum Gasteiger partial charge on any atom is -0.365 e. The lowest BCUT2D eigenvalue weighted by Crippen LogP contribution is -2.37. The van der Waals surface area contributed by atoms with E-state index in [9.17, 15) is 9.59 Å². The molecule has 4 aromatic rings. The van der Waals surface area contributed by atoms with Gasteiger partial charge in [-0.25, -0.2) is 4.79 Å². The Bertz CT molecular complexity index is 1390. The molecule has 1 aliphatic heterocycles. The number of nitrogens with zero attached hydrogens (tertiary/aromatic N) is 3. The van der Waals surface area contributed by atoms with Gasteiger partial charge in [0, 0.05) is 20.6 Å². The standard InChI is InChI=1S/C24H23N3O3/c1-15-8-7-11-17(14-15)19-18-20(25(2)24(29)26(3)23(18)28)21-22(30-13-12-27(19)21)16-9-5-4-6-10-16/h4-11,14,22H,12-13H2,1-3H3/t22-/m1/s1. The molecule has 0 aliphatic carbocycles. The molecule has 6 nitrogen and oxygen atoms in total. The Morgan fingerprint density at radius 3 is 2.47 bits per heavy atom. The zero-order valence-electron chi connectivity index (χ0n) is 17.3. The molecule has 2 aromatic carbocycles. The van der Waals surface area contributed by atoms with Crippen LogP contribution in [0.5, 0.6) is 0 Å². The number of hydrogen-bond acceptors (Lipinski definition) is 3. The summed E-state index contributed by atoms with van der Waals surface area (Å²) in [7, 11) is 3.26. The van der Waals surface area contributed by atoms with Gasteiger partial charge in [0.15, 0.2) is 0 Å². The van der Waals surface area contributed by atoms with E-state index < -0.39 is 0 Å². The summed E-state index contributed by atoms with van der Waals surface area (Å²) in [6.45, 7) is 3.18. The molecule has 0 spiro atoms. The summed E-state index contributed by atoms with van der Waals surface area (Å²) in [5.74, 6) is 0. The maximum atomic E-state index is 13.3. The van der Waals surface area contributed by atoms with Crippen molar-refractivity contribution in [3.63, 3.8) is 0 Å². The number of aromatic nitrogens is 3. The van der Waals surface area contributed by atoms with E-state index in [1.54, 1.807) is 11.6 Å². The van der Waals surface area contributed by atoms with Gasteiger partial charge in [0.25, 0.3) is 5.56 Å². The van der Waals surface area contributed by atoms with Gasteiger partial charge in [0.2, 0.25) is 0 Å². The highest BCUT2D eigenvalue weighted by Gasteiger charge is 2.32. The molecule has 1 atom stereocenters. The maximum absolute atomic E-state index is 13.3. The molecular formula is C24H23N3O3. The van der Waals surface area contributed by atoms with Gasteiger partial charge in [-0.1, -0.05) is 54.1 Å². The van der Waals surface area contributed by atoms with Crippen molar-refractivity contribution >= 4 is 10.9 Å². The third-order valence-corrected chi connectivity index (χ3v) is 5.95. The minimum atomic E-state index is -0.348. The number of ether oxygens (including phenoxy) is 1. The van der Waals surface area contributed by atoms with Crippen LogP contribution in [0.4, 0.5) is 0 Å². The summed E-state index contributed by atoms with van der Waals surface area (Å²) in [5.41, 5.74) is 4.82. The Morgan fingerprint density at radius 1 is 0.967 bits per heavy atom. The van der Waals surface area contributed by atoms with Crippen molar-refractivity contribution in [2.45, 2.75) is 19.6 Å². The first-order valence-corrected chi connectivity index (χ1v) is 10.0. The Morgan fingerprint density at radius 2 is 1.73 bits per heavy atom. The fraction of sp³-hybridized carbons (Fsp3) is 0.250.